The number of hydrogen-bond donors (Lipinski definition) is 2. The minimum absolute atomic E-state index is 0.185. The van der Waals surface area contributed by atoms with Crippen molar-refractivity contribution in [1.29, 1.82) is 0 Å². The number of anilines is 1. The summed E-state index contributed by atoms with van der Waals surface area (Å²) in [5.74, 6) is 0.764. The maximum Gasteiger partial charge on any atom is 0.413 e. The van der Waals surface area contributed by atoms with Crippen LogP contribution < -0.4 is 15.4 Å². The topological polar surface area (TPSA) is 59.6 Å². The zero-order valence-electron chi connectivity index (χ0n) is 9.87. The molecule has 1 rings (SSSR count). The summed E-state index contributed by atoms with van der Waals surface area (Å²) < 4.78 is 9.51. The van der Waals surface area contributed by atoms with Crippen LogP contribution in [0.1, 0.15) is 5.56 Å². The molecule has 0 fully saturated rings. The molecule has 2 N–H and O–H groups in total. The molecule has 0 radical (unpaired) electrons. The van der Waals surface area contributed by atoms with Crippen LogP contribution in [-0.2, 0) is 4.74 Å². The van der Waals surface area contributed by atoms with Gasteiger partial charge in [0.2, 0.25) is 0 Å². The molecular formula is C11H14N2O3S. The second-order valence-corrected chi connectivity index (χ2v) is 3.66. The maximum absolute atomic E-state index is 10.9. The molecule has 1 aromatic carbocycles. The van der Waals surface area contributed by atoms with E-state index in [1.165, 1.54) is 7.11 Å². The molecule has 0 aliphatic carbocycles. The molecule has 0 bridgehead atoms. The van der Waals surface area contributed by atoms with E-state index in [2.05, 4.69) is 15.4 Å². The van der Waals surface area contributed by atoms with Crippen LogP contribution in [0.2, 0.25) is 0 Å². The molecule has 0 atom stereocenters. The van der Waals surface area contributed by atoms with Crippen LogP contribution >= 0.6 is 12.2 Å². The van der Waals surface area contributed by atoms with Crippen molar-refractivity contribution in [2.75, 3.05) is 19.5 Å². The first-order valence-corrected chi connectivity index (χ1v) is 5.28. The number of hydrogen-bond acceptors (Lipinski definition) is 4. The molecule has 6 heteroatoms. The Bertz CT molecular complexity index is 435. The van der Waals surface area contributed by atoms with Crippen molar-refractivity contribution in [2.24, 2.45) is 0 Å². The zero-order valence-corrected chi connectivity index (χ0v) is 10.7. The van der Waals surface area contributed by atoms with Gasteiger partial charge in [0.25, 0.3) is 0 Å². The first-order chi connectivity index (χ1) is 8.06. The van der Waals surface area contributed by atoms with E-state index >= 15 is 0 Å². The third-order valence-electron chi connectivity index (χ3n) is 2.08. The van der Waals surface area contributed by atoms with E-state index in [9.17, 15) is 4.79 Å². The van der Waals surface area contributed by atoms with Crippen molar-refractivity contribution in [3.63, 3.8) is 0 Å². The minimum atomic E-state index is -0.603. The highest BCUT2D eigenvalue weighted by Gasteiger charge is 2.05. The first-order valence-electron chi connectivity index (χ1n) is 4.87. The summed E-state index contributed by atoms with van der Waals surface area (Å²) >= 11 is 4.95. The van der Waals surface area contributed by atoms with Crippen LogP contribution in [0.5, 0.6) is 5.75 Å². The number of carbonyl (C=O) groups excluding carboxylic acids is 1. The summed E-state index contributed by atoms with van der Waals surface area (Å²) in [7, 11) is 2.88. The van der Waals surface area contributed by atoms with Gasteiger partial charge >= 0.3 is 6.09 Å². The van der Waals surface area contributed by atoms with Gasteiger partial charge in [0.05, 0.1) is 14.2 Å². The van der Waals surface area contributed by atoms with E-state index in [1.807, 2.05) is 19.1 Å². The number of amides is 1. The highest BCUT2D eigenvalue weighted by atomic mass is 32.1. The van der Waals surface area contributed by atoms with E-state index < -0.39 is 6.09 Å². The van der Waals surface area contributed by atoms with Crippen LogP contribution in [0.3, 0.4) is 0 Å². The van der Waals surface area contributed by atoms with Gasteiger partial charge < -0.3 is 14.8 Å². The van der Waals surface area contributed by atoms with Crippen molar-refractivity contribution in [3.8, 4) is 5.75 Å². The summed E-state index contributed by atoms with van der Waals surface area (Å²) in [6, 6.07) is 5.48. The van der Waals surface area contributed by atoms with Crippen molar-refractivity contribution < 1.29 is 14.3 Å². The third-order valence-corrected chi connectivity index (χ3v) is 2.29. The van der Waals surface area contributed by atoms with Gasteiger partial charge in [-0.15, -0.1) is 0 Å². The van der Waals surface area contributed by atoms with Gasteiger partial charge in [-0.25, -0.2) is 4.79 Å². The monoisotopic (exact) mass is 254 g/mol. The average Bonchev–Trinajstić information content (AvgIpc) is 2.31. The lowest BCUT2D eigenvalue weighted by molar-refractivity contribution is 0.177. The molecule has 1 amide bonds. The smallest absolute Gasteiger partial charge is 0.413 e. The largest absolute Gasteiger partial charge is 0.497 e. The molecule has 17 heavy (non-hydrogen) atoms. The summed E-state index contributed by atoms with van der Waals surface area (Å²) in [5.41, 5.74) is 1.76. The molecule has 0 saturated heterocycles. The SMILES string of the molecule is COC(=O)NC(=S)Nc1ccc(OC)cc1C. The number of rotatable bonds is 2. The van der Waals surface area contributed by atoms with Crippen LogP contribution in [0.25, 0.3) is 0 Å². The normalized spacial score (nSPS) is 9.35. The van der Waals surface area contributed by atoms with Gasteiger partial charge in [0.15, 0.2) is 5.11 Å². The molecular weight excluding hydrogens is 240 g/mol. The van der Waals surface area contributed by atoms with Crippen molar-refractivity contribution in [2.45, 2.75) is 6.92 Å². The minimum Gasteiger partial charge on any atom is -0.497 e. The van der Waals surface area contributed by atoms with Gasteiger partial charge in [-0.1, -0.05) is 0 Å². The van der Waals surface area contributed by atoms with Crippen LogP contribution in [0.4, 0.5) is 10.5 Å². The first kappa shape index (κ1) is 13.2. The average molecular weight is 254 g/mol. The fraction of sp³-hybridized carbons (Fsp3) is 0.273. The molecule has 0 aromatic heterocycles. The molecule has 0 unspecified atom stereocenters. The highest BCUT2D eigenvalue weighted by Crippen LogP contribution is 2.20. The Morgan fingerprint density at radius 3 is 2.59 bits per heavy atom. The van der Waals surface area contributed by atoms with Crippen molar-refractivity contribution in [3.05, 3.63) is 23.8 Å². The lowest BCUT2D eigenvalue weighted by atomic mass is 10.2. The number of thiocarbonyl (C=S) groups is 1. The van der Waals surface area contributed by atoms with E-state index in [0.717, 1.165) is 17.0 Å². The van der Waals surface area contributed by atoms with E-state index in [4.69, 9.17) is 17.0 Å². The fourth-order valence-electron chi connectivity index (χ4n) is 1.20. The Kier molecular flexibility index (Phi) is 4.71. The van der Waals surface area contributed by atoms with Gasteiger partial charge in [0.1, 0.15) is 5.75 Å². The number of ether oxygens (including phenoxy) is 2. The zero-order chi connectivity index (χ0) is 12.8. The fourth-order valence-corrected chi connectivity index (χ4v) is 1.39. The Balaban J connectivity index is 2.68. The molecule has 92 valence electrons. The Morgan fingerprint density at radius 1 is 1.35 bits per heavy atom. The van der Waals surface area contributed by atoms with E-state index in [-0.39, 0.29) is 5.11 Å². The summed E-state index contributed by atoms with van der Waals surface area (Å²) in [5, 5.41) is 5.44. The molecule has 0 spiro atoms. The van der Waals surface area contributed by atoms with Crippen LogP contribution in [0.15, 0.2) is 18.2 Å². The molecule has 0 aliphatic rings. The standard InChI is InChI=1S/C11H14N2O3S/c1-7-6-8(15-2)4-5-9(7)12-10(17)13-11(14)16-3/h4-6H,1-3H3,(H2,12,13,14,17). The van der Waals surface area contributed by atoms with Crippen LogP contribution in [0, 0.1) is 6.92 Å². The van der Waals surface area contributed by atoms with Gasteiger partial charge in [-0.3, -0.25) is 5.32 Å². The maximum atomic E-state index is 10.9. The number of nitrogens with one attached hydrogen (secondary N) is 2. The third kappa shape index (κ3) is 3.92. The predicted molar refractivity (Wildman–Crippen MR) is 69.5 cm³/mol. The lowest BCUT2D eigenvalue weighted by Gasteiger charge is -2.11. The number of carbonyl (C=O) groups is 1. The van der Waals surface area contributed by atoms with E-state index in [1.54, 1.807) is 13.2 Å². The number of benzene rings is 1. The second-order valence-electron chi connectivity index (χ2n) is 3.25. The number of alkyl carbamates (subject to hydrolysis) is 1. The summed E-state index contributed by atoms with van der Waals surface area (Å²) in [6.07, 6.45) is -0.603. The van der Waals surface area contributed by atoms with E-state index in [0.29, 0.717) is 0 Å². The highest BCUT2D eigenvalue weighted by molar-refractivity contribution is 7.80. The quantitative estimate of drug-likeness (QED) is 0.791. The number of methoxy groups -OCH3 is 2. The Hall–Kier alpha value is -1.82. The molecule has 0 heterocycles. The summed E-state index contributed by atoms with van der Waals surface area (Å²) in [4.78, 5) is 10.9. The van der Waals surface area contributed by atoms with Gasteiger partial charge in [-0.2, -0.15) is 0 Å². The summed E-state index contributed by atoms with van der Waals surface area (Å²) in [6.45, 7) is 1.91. The van der Waals surface area contributed by atoms with Gasteiger partial charge in [-0.05, 0) is 42.9 Å². The van der Waals surface area contributed by atoms with Crippen molar-refractivity contribution in [1.82, 2.24) is 5.32 Å². The molecule has 1 aromatic rings. The Morgan fingerprint density at radius 2 is 2.06 bits per heavy atom. The Labute approximate surface area is 105 Å². The molecule has 0 aliphatic heterocycles. The van der Waals surface area contributed by atoms with Crippen LogP contribution in [-0.4, -0.2) is 25.4 Å². The second kappa shape index (κ2) is 6.05. The van der Waals surface area contributed by atoms with Crippen molar-refractivity contribution >= 4 is 29.1 Å². The number of aryl methyl sites for hydroxylation is 1. The predicted octanol–water partition coefficient (Wildman–Crippen LogP) is 2.06. The molecule has 5 nitrogen and oxygen atoms in total. The molecule has 0 saturated carbocycles. The lowest BCUT2D eigenvalue weighted by Crippen LogP contribution is -2.34. The van der Waals surface area contributed by atoms with Gasteiger partial charge in [0, 0.05) is 5.69 Å².